The van der Waals surface area contributed by atoms with Crippen LogP contribution in [-0.2, 0) is 19.1 Å². The third kappa shape index (κ3) is 26.3. The number of esters is 2. The maximum absolute atomic E-state index is 12.4. The standard InChI is InChI=1S/C31H59ClO4/c1-3-5-7-9-11-13-15-17-19-21-23-25-30(33)35-28-29(27-32)36-31(34)26-24-22-20-18-16-14-12-10-8-6-4-2/h29H,3-28H2,1-2H3/i27D2,28D2,29D. The van der Waals surface area contributed by atoms with Crippen molar-refractivity contribution in [1.29, 1.82) is 0 Å². The van der Waals surface area contributed by atoms with Crippen molar-refractivity contribution in [3.63, 3.8) is 0 Å². The average molecular weight is 536 g/mol. The largest absolute Gasteiger partial charge is 0.462 e. The average Bonchev–Trinajstić information content (AvgIpc) is 2.89. The van der Waals surface area contributed by atoms with E-state index in [0.717, 1.165) is 51.4 Å². The van der Waals surface area contributed by atoms with Gasteiger partial charge in [-0.1, -0.05) is 142 Å². The van der Waals surface area contributed by atoms with Crippen molar-refractivity contribution in [1.82, 2.24) is 0 Å². The second kappa shape index (κ2) is 28.8. The van der Waals surface area contributed by atoms with Crippen molar-refractivity contribution in [2.24, 2.45) is 0 Å². The molecule has 0 aromatic rings. The third-order valence-electron chi connectivity index (χ3n) is 6.53. The summed E-state index contributed by atoms with van der Waals surface area (Å²) >= 11 is 5.68. The molecule has 0 spiro atoms. The van der Waals surface area contributed by atoms with Crippen LogP contribution in [0.5, 0.6) is 0 Å². The minimum absolute atomic E-state index is 0.0649. The smallest absolute Gasteiger partial charge is 0.306 e. The molecule has 0 fully saturated rings. The van der Waals surface area contributed by atoms with E-state index in [1.54, 1.807) is 0 Å². The molecule has 214 valence electrons. The SMILES string of the molecule is [2H]C([2H])(Cl)C([2H])(OC(=O)CCCCCCCCCCCCC)C([2H])([2H])OC(=O)CCCCCCCCCCCCC. The fourth-order valence-electron chi connectivity index (χ4n) is 4.25. The van der Waals surface area contributed by atoms with Crippen LogP contribution in [0.2, 0.25) is 0 Å². The number of carbonyl (C=O) groups excluding carboxylic acids is 2. The van der Waals surface area contributed by atoms with Gasteiger partial charge in [-0.15, -0.1) is 11.6 Å². The minimum atomic E-state index is -3.26. The molecule has 0 aromatic heterocycles. The van der Waals surface area contributed by atoms with Gasteiger partial charge >= 0.3 is 11.9 Å². The van der Waals surface area contributed by atoms with E-state index in [-0.39, 0.29) is 12.8 Å². The van der Waals surface area contributed by atoms with Crippen LogP contribution in [0.1, 0.15) is 175 Å². The van der Waals surface area contributed by atoms with Gasteiger partial charge in [-0.3, -0.25) is 9.59 Å². The molecule has 0 saturated heterocycles. The molecule has 36 heavy (non-hydrogen) atoms. The molecule has 0 aromatic carbocycles. The Hall–Kier alpha value is -0.770. The highest BCUT2D eigenvalue weighted by molar-refractivity contribution is 6.18. The highest BCUT2D eigenvalue weighted by atomic mass is 35.5. The topological polar surface area (TPSA) is 52.6 Å². The second-order valence-corrected chi connectivity index (χ2v) is 10.2. The van der Waals surface area contributed by atoms with Crippen molar-refractivity contribution < 1.29 is 25.9 Å². The number of unbranched alkanes of at least 4 members (excludes halogenated alkanes) is 20. The van der Waals surface area contributed by atoms with E-state index in [0.29, 0.717) is 12.8 Å². The lowest BCUT2D eigenvalue weighted by Gasteiger charge is -2.15. The first kappa shape index (κ1) is 26.8. The fraction of sp³-hybridized carbons (Fsp3) is 0.935. The zero-order valence-corrected chi connectivity index (χ0v) is 24.2. The Balaban J connectivity index is 4.36. The van der Waals surface area contributed by atoms with Crippen molar-refractivity contribution in [2.45, 2.75) is 174 Å². The van der Waals surface area contributed by atoms with E-state index in [1.165, 1.54) is 77.0 Å². The van der Waals surface area contributed by atoms with Gasteiger partial charge in [-0.25, -0.2) is 0 Å². The molecule has 0 N–H and O–H groups in total. The van der Waals surface area contributed by atoms with Crippen LogP contribution >= 0.6 is 11.6 Å². The number of hydrogen-bond donors (Lipinski definition) is 0. The zero-order valence-electron chi connectivity index (χ0n) is 28.5. The van der Waals surface area contributed by atoms with Gasteiger partial charge in [0, 0.05) is 15.6 Å². The molecule has 0 amide bonds. The first-order valence-corrected chi connectivity index (χ1v) is 15.4. The first-order valence-electron chi connectivity index (χ1n) is 17.5. The fourth-order valence-corrected chi connectivity index (χ4v) is 4.32. The van der Waals surface area contributed by atoms with Gasteiger partial charge < -0.3 is 9.47 Å². The minimum Gasteiger partial charge on any atom is -0.462 e. The van der Waals surface area contributed by atoms with Crippen molar-refractivity contribution in [3.8, 4) is 0 Å². The van der Waals surface area contributed by atoms with Crippen LogP contribution in [-0.4, -0.2) is 30.4 Å². The Morgan fingerprint density at radius 2 is 0.944 bits per heavy atom. The summed E-state index contributed by atoms with van der Waals surface area (Å²) in [4.78, 5) is 24.7. The summed E-state index contributed by atoms with van der Waals surface area (Å²) < 4.78 is 49.8. The summed E-state index contributed by atoms with van der Waals surface area (Å²) in [5.74, 6) is -4.98. The van der Waals surface area contributed by atoms with Crippen LogP contribution in [0, 0.1) is 0 Å². The monoisotopic (exact) mass is 535 g/mol. The molecule has 0 radical (unpaired) electrons. The number of hydrogen-bond acceptors (Lipinski definition) is 4. The van der Waals surface area contributed by atoms with Crippen LogP contribution in [0.15, 0.2) is 0 Å². The molecule has 0 aliphatic rings. The lowest BCUT2D eigenvalue weighted by atomic mass is 10.1. The summed E-state index contributed by atoms with van der Waals surface area (Å²) in [6.07, 6.45) is 20.8. The van der Waals surface area contributed by atoms with Crippen molar-refractivity contribution >= 4 is 23.5 Å². The molecule has 1 atom stereocenters. The van der Waals surface area contributed by atoms with Crippen LogP contribution in [0.3, 0.4) is 0 Å². The molecular formula is C31H59ClO4. The molecule has 0 saturated carbocycles. The summed E-state index contributed by atoms with van der Waals surface area (Å²) in [6, 6.07) is 0. The van der Waals surface area contributed by atoms with Crippen LogP contribution in [0.4, 0.5) is 0 Å². The van der Waals surface area contributed by atoms with E-state index in [4.69, 9.17) is 27.9 Å². The highest BCUT2D eigenvalue weighted by Crippen LogP contribution is 2.14. The molecule has 0 rings (SSSR count). The van der Waals surface area contributed by atoms with Gasteiger partial charge in [0.25, 0.3) is 0 Å². The molecule has 1 unspecified atom stereocenters. The normalized spacial score (nSPS) is 15.7. The third-order valence-corrected chi connectivity index (χ3v) is 6.70. The number of alkyl halides is 1. The van der Waals surface area contributed by atoms with E-state index >= 15 is 0 Å². The molecule has 4 nitrogen and oxygen atoms in total. The summed E-state index contributed by atoms with van der Waals surface area (Å²) in [5.41, 5.74) is 0. The Bertz CT molecular complexity index is 675. The molecule has 0 heterocycles. The molecule has 0 bridgehead atoms. The lowest BCUT2D eigenvalue weighted by molar-refractivity contribution is -0.157. The highest BCUT2D eigenvalue weighted by Gasteiger charge is 2.16. The van der Waals surface area contributed by atoms with Crippen LogP contribution < -0.4 is 0 Å². The maximum atomic E-state index is 12.4. The Morgan fingerprint density at radius 3 is 1.31 bits per heavy atom. The predicted molar refractivity (Wildman–Crippen MR) is 154 cm³/mol. The summed E-state index contributed by atoms with van der Waals surface area (Å²) in [7, 11) is 0. The number of ether oxygens (including phenoxy) is 2. The first-order chi connectivity index (χ1) is 19.4. The van der Waals surface area contributed by atoms with Crippen LogP contribution in [0.25, 0.3) is 0 Å². The zero-order chi connectivity index (χ0) is 31.0. The maximum Gasteiger partial charge on any atom is 0.306 e. The van der Waals surface area contributed by atoms with Crippen molar-refractivity contribution in [2.75, 3.05) is 12.4 Å². The van der Waals surface area contributed by atoms with Gasteiger partial charge in [0.05, 0.1) is 9.94 Å². The number of halogens is 1. The quantitative estimate of drug-likeness (QED) is 0.0567. The number of carbonyl (C=O) groups is 2. The van der Waals surface area contributed by atoms with E-state index in [9.17, 15) is 9.59 Å². The van der Waals surface area contributed by atoms with Gasteiger partial charge in [-0.05, 0) is 12.8 Å². The summed E-state index contributed by atoms with van der Waals surface area (Å²) in [5, 5.41) is 0. The van der Waals surface area contributed by atoms with Gasteiger partial charge in [0.2, 0.25) is 0 Å². The summed E-state index contributed by atoms with van der Waals surface area (Å²) in [6.45, 7) is 1.15. The van der Waals surface area contributed by atoms with E-state index in [1.807, 2.05) is 0 Å². The Morgan fingerprint density at radius 1 is 0.611 bits per heavy atom. The molecule has 0 aliphatic carbocycles. The van der Waals surface area contributed by atoms with Gasteiger partial charge in [0.15, 0.2) is 0 Å². The van der Waals surface area contributed by atoms with E-state index in [2.05, 4.69) is 13.8 Å². The van der Waals surface area contributed by atoms with E-state index < -0.39 is 30.4 Å². The molecule has 0 aliphatic heterocycles. The van der Waals surface area contributed by atoms with Gasteiger partial charge in [-0.2, -0.15) is 0 Å². The Kier molecular flexibility index (Phi) is 21.5. The number of rotatable bonds is 28. The van der Waals surface area contributed by atoms with Gasteiger partial charge in [0.1, 0.15) is 12.6 Å². The lowest BCUT2D eigenvalue weighted by Crippen LogP contribution is -2.26. The predicted octanol–water partition coefficient (Wildman–Crippen LogP) is 10.1. The second-order valence-electron chi connectivity index (χ2n) is 10.0. The van der Waals surface area contributed by atoms with Crippen molar-refractivity contribution in [3.05, 3.63) is 0 Å². The Labute approximate surface area is 236 Å². The molecule has 5 heteroatoms. The molecular weight excluding hydrogens is 472 g/mol.